The van der Waals surface area contributed by atoms with Crippen molar-refractivity contribution in [1.82, 2.24) is 10.1 Å². The summed E-state index contributed by atoms with van der Waals surface area (Å²) in [5.41, 5.74) is 1.40. The maximum absolute atomic E-state index is 9.86. The second-order valence-electron chi connectivity index (χ2n) is 4.02. The minimum atomic E-state index is 0.0701. The van der Waals surface area contributed by atoms with Gasteiger partial charge in [-0.25, -0.2) is 0 Å². The van der Waals surface area contributed by atoms with E-state index in [1.807, 2.05) is 13.0 Å². The van der Waals surface area contributed by atoms with Crippen LogP contribution in [-0.2, 0) is 0 Å². The second kappa shape index (κ2) is 4.55. The number of furan rings is 1. The maximum Gasteiger partial charge on any atom is 0.262 e. The molecule has 0 aliphatic carbocycles. The van der Waals surface area contributed by atoms with Gasteiger partial charge in [-0.15, -0.1) is 0 Å². The summed E-state index contributed by atoms with van der Waals surface area (Å²) in [6.45, 7) is 1.89. The molecule has 0 radical (unpaired) electrons. The van der Waals surface area contributed by atoms with Crippen LogP contribution in [0.4, 0.5) is 0 Å². The van der Waals surface area contributed by atoms with Crippen LogP contribution < -0.4 is 0 Å². The Morgan fingerprint density at radius 3 is 2.79 bits per heavy atom. The topological polar surface area (TPSA) is 72.3 Å². The Morgan fingerprint density at radius 2 is 2.11 bits per heavy atom. The van der Waals surface area contributed by atoms with Gasteiger partial charge in [-0.2, -0.15) is 4.98 Å². The van der Waals surface area contributed by atoms with Gasteiger partial charge >= 0.3 is 0 Å². The highest BCUT2D eigenvalue weighted by atomic mass is 79.9. The second-order valence-corrected chi connectivity index (χ2v) is 4.93. The van der Waals surface area contributed by atoms with E-state index in [4.69, 9.17) is 8.94 Å². The lowest BCUT2D eigenvalue weighted by Crippen LogP contribution is -1.82. The predicted octanol–water partition coefficient (Wildman–Crippen LogP) is 3.77. The monoisotopic (exact) mass is 320 g/mol. The van der Waals surface area contributed by atoms with Gasteiger partial charge in [-0.1, -0.05) is 21.1 Å². The van der Waals surface area contributed by atoms with Crippen LogP contribution in [0.5, 0.6) is 5.75 Å². The summed E-state index contributed by atoms with van der Waals surface area (Å²) in [4.78, 5) is 4.23. The third kappa shape index (κ3) is 2.15. The molecule has 96 valence electrons. The SMILES string of the molecule is Cc1ccoc1-c1noc(-c2ccc(Br)cc2O)n1. The molecule has 1 N–H and O–H groups in total. The highest BCUT2D eigenvalue weighted by molar-refractivity contribution is 9.10. The summed E-state index contributed by atoms with van der Waals surface area (Å²) in [5.74, 6) is 1.24. The molecule has 0 aliphatic heterocycles. The minimum absolute atomic E-state index is 0.0701. The molecule has 0 spiro atoms. The quantitative estimate of drug-likeness (QED) is 0.778. The van der Waals surface area contributed by atoms with Crippen LogP contribution in [0.2, 0.25) is 0 Å². The fraction of sp³-hybridized carbons (Fsp3) is 0.0769. The van der Waals surface area contributed by atoms with Gasteiger partial charge in [0.2, 0.25) is 5.82 Å². The molecule has 6 heteroatoms. The van der Waals surface area contributed by atoms with E-state index in [1.165, 1.54) is 0 Å². The van der Waals surface area contributed by atoms with Crippen molar-refractivity contribution in [3.8, 4) is 28.8 Å². The number of benzene rings is 1. The molecule has 3 aromatic rings. The molecule has 0 fully saturated rings. The van der Waals surface area contributed by atoms with E-state index in [-0.39, 0.29) is 11.6 Å². The van der Waals surface area contributed by atoms with Crippen LogP contribution >= 0.6 is 15.9 Å². The largest absolute Gasteiger partial charge is 0.507 e. The summed E-state index contributed by atoms with van der Waals surface area (Å²) in [7, 11) is 0. The molecule has 19 heavy (non-hydrogen) atoms. The maximum atomic E-state index is 9.86. The number of nitrogens with zero attached hydrogens (tertiary/aromatic N) is 2. The number of aryl methyl sites for hydroxylation is 1. The Kier molecular flexibility index (Phi) is 2.87. The van der Waals surface area contributed by atoms with Gasteiger partial charge in [0.05, 0.1) is 11.8 Å². The first-order chi connectivity index (χ1) is 9.15. The van der Waals surface area contributed by atoms with Gasteiger partial charge in [0.25, 0.3) is 5.89 Å². The van der Waals surface area contributed by atoms with E-state index in [0.717, 1.165) is 10.0 Å². The molecule has 0 unspecified atom stereocenters. The molecule has 0 atom stereocenters. The molecule has 0 aliphatic rings. The number of phenols is 1. The summed E-state index contributed by atoms with van der Waals surface area (Å²) in [6, 6.07) is 6.88. The van der Waals surface area contributed by atoms with E-state index in [9.17, 15) is 5.11 Å². The third-order valence-corrected chi connectivity index (χ3v) is 3.17. The zero-order valence-corrected chi connectivity index (χ0v) is 11.5. The number of rotatable bonds is 2. The number of halogens is 1. The molecule has 1 aromatic carbocycles. The number of hydrogen-bond acceptors (Lipinski definition) is 5. The summed E-state index contributed by atoms with van der Waals surface area (Å²) >= 11 is 3.27. The van der Waals surface area contributed by atoms with Gasteiger partial charge in [-0.05, 0) is 36.8 Å². The van der Waals surface area contributed by atoms with Crippen molar-refractivity contribution >= 4 is 15.9 Å². The van der Waals surface area contributed by atoms with E-state index < -0.39 is 0 Å². The molecular weight excluding hydrogens is 312 g/mol. The van der Waals surface area contributed by atoms with Crippen molar-refractivity contribution in [2.45, 2.75) is 6.92 Å². The highest BCUT2D eigenvalue weighted by Gasteiger charge is 2.17. The van der Waals surface area contributed by atoms with E-state index in [1.54, 1.807) is 24.5 Å². The van der Waals surface area contributed by atoms with Crippen LogP contribution in [0, 0.1) is 6.92 Å². The minimum Gasteiger partial charge on any atom is -0.507 e. The predicted molar refractivity (Wildman–Crippen MR) is 71.5 cm³/mol. The van der Waals surface area contributed by atoms with Crippen molar-refractivity contribution in [3.63, 3.8) is 0 Å². The third-order valence-electron chi connectivity index (χ3n) is 2.68. The zero-order valence-electron chi connectivity index (χ0n) is 9.92. The molecule has 0 saturated heterocycles. The van der Waals surface area contributed by atoms with Crippen LogP contribution in [0.3, 0.4) is 0 Å². The lowest BCUT2D eigenvalue weighted by atomic mass is 10.2. The molecule has 2 aromatic heterocycles. The standard InChI is InChI=1S/C13H9BrN2O3/c1-7-4-5-18-11(7)12-15-13(19-16-12)9-3-2-8(14)6-10(9)17/h2-6,17H,1H3. The molecule has 0 bridgehead atoms. The Labute approximate surface area is 117 Å². The number of aromatic hydroxyl groups is 1. The normalized spacial score (nSPS) is 10.8. The van der Waals surface area contributed by atoms with Crippen LogP contribution in [0.25, 0.3) is 23.0 Å². The van der Waals surface area contributed by atoms with Crippen molar-refractivity contribution in [3.05, 3.63) is 40.6 Å². The molecule has 0 saturated carbocycles. The summed E-state index contributed by atoms with van der Waals surface area (Å²) < 4.78 is 11.2. The first-order valence-electron chi connectivity index (χ1n) is 5.52. The van der Waals surface area contributed by atoms with Crippen molar-refractivity contribution < 1.29 is 14.0 Å². The van der Waals surface area contributed by atoms with E-state index in [2.05, 4.69) is 26.1 Å². The fourth-order valence-corrected chi connectivity index (χ4v) is 2.06. The first kappa shape index (κ1) is 12.0. The number of aromatic nitrogens is 2. The van der Waals surface area contributed by atoms with Crippen LogP contribution in [0.15, 0.2) is 43.9 Å². The Balaban J connectivity index is 2.04. The number of phenolic OH excluding ortho intramolecular Hbond substituents is 1. The Morgan fingerprint density at radius 1 is 1.26 bits per heavy atom. The molecular formula is C13H9BrN2O3. The fourth-order valence-electron chi connectivity index (χ4n) is 1.71. The Bertz CT molecular complexity index is 733. The molecule has 2 heterocycles. The van der Waals surface area contributed by atoms with Crippen molar-refractivity contribution in [2.24, 2.45) is 0 Å². The average molecular weight is 321 g/mol. The van der Waals surface area contributed by atoms with Gasteiger partial charge in [0.1, 0.15) is 5.75 Å². The first-order valence-corrected chi connectivity index (χ1v) is 6.31. The highest BCUT2D eigenvalue weighted by Crippen LogP contribution is 2.32. The van der Waals surface area contributed by atoms with Crippen molar-refractivity contribution in [2.75, 3.05) is 0 Å². The number of hydrogen-bond donors (Lipinski definition) is 1. The smallest absolute Gasteiger partial charge is 0.262 e. The lowest BCUT2D eigenvalue weighted by molar-refractivity contribution is 0.423. The van der Waals surface area contributed by atoms with E-state index in [0.29, 0.717) is 17.1 Å². The zero-order chi connectivity index (χ0) is 13.4. The molecule has 0 amide bonds. The lowest BCUT2D eigenvalue weighted by Gasteiger charge is -1.98. The molecule has 3 rings (SSSR count). The van der Waals surface area contributed by atoms with Gasteiger partial charge in [0, 0.05) is 4.47 Å². The summed E-state index contributed by atoms with van der Waals surface area (Å²) in [6.07, 6.45) is 1.57. The molecule has 5 nitrogen and oxygen atoms in total. The van der Waals surface area contributed by atoms with Crippen molar-refractivity contribution in [1.29, 1.82) is 0 Å². The summed E-state index contributed by atoms with van der Waals surface area (Å²) in [5, 5.41) is 13.7. The van der Waals surface area contributed by atoms with Gasteiger partial charge < -0.3 is 14.0 Å². The van der Waals surface area contributed by atoms with Gasteiger partial charge in [0.15, 0.2) is 5.76 Å². The Hall–Kier alpha value is -2.08. The van der Waals surface area contributed by atoms with E-state index >= 15 is 0 Å². The van der Waals surface area contributed by atoms with Crippen LogP contribution in [-0.4, -0.2) is 15.2 Å². The van der Waals surface area contributed by atoms with Gasteiger partial charge in [-0.3, -0.25) is 0 Å². The average Bonchev–Trinajstić information content (AvgIpc) is 2.97. The van der Waals surface area contributed by atoms with Crippen LogP contribution in [0.1, 0.15) is 5.56 Å².